The molecule has 2 atom stereocenters. The minimum absolute atomic E-state index is 0.000811. The lowest BCUT2D eigenvalue weighted by atomic mass is 10.0. The number of carboxylic acid groups (broad SMARTS) is 3. The van der Waals surface area contributed by atoms with Gasteiger partial charge in [-0.3, -0.25) is 4.79 Å². The number of aliphatic hydroxyl groups is 1. The standard InChI is InChI=1S/C33H44ClNO9/c1-2-3-4-5-6-7-8-9-10-13-26(34)28(36)14-11-12-15-30(37)35-27-21-22(31(38)39)16-17-29(27)44-25-19-23(32(40)41)18-24(20-25)33(42)43/h16-21,26,28,36H,2-15H2,1H3,(H,35,37)(H,38,39)(H,40,41)(H,42,43). The number of hydrogen-bond donors (Lipinski definition) is 5. The molecule has 11 heteroatoms. The molecule has 0 radical (unpaired) electrons. The molecule has 2 unspecified atom stereocenters. The number of rotatable bonds is 22. The van der Waals surface area contributed by atoms with E-state index >= 15 is 0 Å². The Bertz CT molecular complexity index is 1220. The molecule has 242 valence electrons. The molecule has 0 aromatic heterocycles. The van der Waals surface area contributed by atoms with Crippen molar-refractivity contribution in [1.29, 1.82) is 0 Å². The van der Waals surface area contributed by atoms with Gasteiger partial charge in [0.1, 0.15) is 5.75 Å². The van der Waals surface area contributed by atoms with Gasteiger partial charge < -0.3 is 30.5 Å². The average Bonchev–Trinajstić information content (AvgIpc) is 2.98. The van der Waals surface area contributed by atoms with Crippen LogP contribution in [0.5, 0.6) is 11.5 Å². The van der Waals surface area contributed by atoms with Crippen LogP contribution >= 0.6 is 11.6 Å². The second-order valence-electron chi connectivity index (χ2n) is 11.0. The Hall–Kier alpha value is -3.63. The van der Waals surface area contributed by atoms with Crippen LogP contribution in [0.25, 0.3) is 0 Å². The van der Waals surface area contributed by atoms with Gasteiger partial charge in [-0.05, 0) is 55.7 Å². The molecule has 0 fully saturated rings. The van der Waals surface area contributed by atoms with Gasteiger partial charge in [0.15, 0.2) is 5.75 Å². The normalized spacial score (nSPS) is 12.3. The third-order valence-electron chi connectivity index (χ3n) is 7.28. The van der Waals surface area contributed by atoms with Crippen LogP contribution < -0.4 is 10.1 Å². The second-order valence-corrected chi connectivity index (χ2v) is 11.5. The summed E-state index contributed by atoms with van der Waals surface area (Å²) >= 11 is 6.40. The first kappa shape index (κ1) is 36.6. The maximum Gasteiger partial charge on any atom is 0.335 e. The summed E-state index contributed by atoms with van der Waals surface area (Å²) in [5.41, 5.74) is -0.736. The Morgan fingerprint density at radius 3 is 1.84 bits per heavy atom. The van der Waals surface area contributed by atoms with Crippen LogP contribution in [0.15, 0.2) is 36.4 Å². The van der Waals surface area contributed by atoms with Crippen molar-refractivity contribution in [3.63, 3.8) is 0 Å². The zero-order valence-electron chi connectivity index (χ0n) is 25.2. The molecule has 0 saturated heterocycles. The van der Waals surface area contributed by atoms with Crippen molar-refractivity contribution in [2.45, 2.75) is 108 Å². The van der Waals surface area contributed by atoms with Crippen LogP contribution in [0, 0.1) is 0 Å². The van der Waals surface area contributed by atoms with Gasteiger partial charge >= 0.3 is 17.9 Å². The van der Waals surface area contributed by atoms with Crippen LogP contribution in [0.4, 0.5) is 5.69 Å². The summed E-state index contributed by atoms with van der Waals surface area (Å²) in [5.74, 6) is -4.50. The summed E-state index contributed by atoms with van der Waals surface area (Å²) in [6.07, 6.45) is 12.6. The number of halogens is 1. The maximum absolute atomic E-state index is 12.7. The average molecular weight is 634 g/mol. The molecular weight excluding hydrogens is 590 g/mol. The predicted octanol–water partition coefficient (Wildman–Crippen LogP) is 7.96. The molecule has 1 amide bonds. The monoisotopic (exact) mass is 633 g/mol. The molecular formula is C33H44ClNO9. The number of carboxylic acids is 3. The van der Waals surface area contributed by atoms with E-state index in [1.807, 2.05) is 0 Å². The van der Waals surface area contributed by atoms with Crippen LogP contribution in [0.1, 0.15) is 128 Å². The van der Waals surface area contributed by atoms with Gasteiger partial charge in [0.25, 0.3) is 0 Å². The zero-order valence-corrected chi connectivity index (χ0v) is 26.0. The number of carbonyl (C=O) groups excluding carboxylic acids is 1. The largest absolute Gasteiger partial charge is 0.478 e. The zero-order chi connectivity index (χ0) is 32.5. The molecule has 0 aliphatic rings. The van der Waals surface area contributed by atoms with Crippen molar-refractivity contribution in [3.05, 3.63) is 53.1 Å². The van der Waals surface area contributed by atoms with E-state index < -0.39 is 29.9 Å². The number of unbranched alkanes of at least 4 members (excludes halogenated alkanes) is 9. The number of amides is 1. The van der Waals surface area contributed by atoms with E-state index in [-0.39, 0.29) is 45.7 Å². The number of nitrogens with one attached hydrogen (secondary N) is 1. The van der Waals surface area contributed by atoms with Crippen molar-refractivity contribution >= 4 is 41.1 Å². The van der Waals surface area contributed by atoms with E-state index in [9.17, 15) is 39.6 Å². The number of benzene rings is 2. The Balaban J connectivity index is 1.86. The first-order valence-corrected chi connectivity index (χ1v) is 15.7. The van der Waals surface area contributed by atoms with Crippen molar-refractivity contribution < 1.29 is 44.3 Å². The van der Waals surface area contributed by atoms with Crippen LogP contribution in [0.3, 0.4) is 0 Å². The van der Waals surface area contributed by atoms with Gasteiger partial charge in [-0.15, -0.1) is 11.6 Å². The lowest BCUT2D eigenvalue weighted by molar-refractivity contribution is -0.116. The summed E-state index contributed by atoms with van der Waals surface area (Å²) in [6.45, 7) is 2.21. The van der Waals surface area contributed by atoms with Gasteiger partial charge in [-0.2, -0.15) is 0 Å². The van der Waals surface area contributed by atoms with E-state index in [0.29, 0.717) is 19.3 Å². The Morgan fingerprint density at radius 2 is 1.27 bits per heavy atom. The number of aromatic carboxylic acids is 3. The lowest BCUT2D eigenvalue weighted by Crippen LogP contribution is -2.21. The second kappa shape index (κ2) is 19.6. The molecule has 0 aliphatic heterocycles. The lowest BCUT2D eigenvalue weighted by Gasteiger charge is -2.17. The van der Waals surface area contributed by atoms with E-state index in [1.54, 1.807) is 0 Å². The van der Waals surface area contributed by atoms with E-state index in [2.05, 4.69) is 12.2 Å². The fourth-order valence-corrected chi connectivity index (χ4v) is 5.04. The first-order valence-electron chi connectivity index (χ1n) is 15.3. The Kier molecular flexibility index (Phi) is 16.3. The van der Waals surface area contributed by atoms with Crippen LogP contribution in [-0.4, -0.2) is 55.7 Å². The van der Waals surface area contributed by atoms with E-state index in [0.717, 1.165) is 37.5 Å². The van der Waals surface area contributed by atoms with Crippen LogP contribution in [0.2, 0.25) is 0 Å². The highest BCUT2D eigenvalue weighted by molar-refractivity contribution is 6.21. The SMILES string of the molecule is CCCCCCCCCCCC(Cl)C(O)CCCCC(=O)Nc1cc(C(=O)O)ccc1Oc1cc(C(=O)O)cc(C(=O)O)c1. The Labute approximate surface area is 263 Å². The number of hydrogen-bond acceptors (Lipinski definition) is 6. The minimum atomic E-state index is -1.36. The fraction of sp³-hybridized carbons (Fsp3) is 0.515. The molecule has 2 aromatic rings. The maximum atomic E-state index is 12.7. The van der Waals surface area contributed by atoms with E-state index in [4.69, 9.17) is 16.3 Å². The third kappa shape index (κ3) is 13.3. The third-order valence-corrected chi connectivity index (χ3v) is 7.79. The molecule has 44 heavy (non-hydrogen) atoms. The summed E-state index contributed by atoms with van der Waals surface area (Å²) in [6, 6.07) is 6.95. The molecule has 0 aliphatic carbocycles. The Morgan fingerprint density at radius 1 is 0.727 bits per heavy atom. The highest BCUT2D eigenvalue weighted by Gasteiger charge is 2.18. The molecule has 5 N–H and O–H groups in total. The van der Waals surface area contributed by atoms with Gasteiger partial charge in [0, 0.05) is 6.42 Å². The molecule has 2 aromatic carbocycles. The van der Waals surface area contributed by atoms with Gasteiger partial charge in [0.2, 0.25) is 5.91 Å². The molecule has 0 bridgehead atoms. The van der Waals surface area contributed by atoms with Gasteiger partial charge in [-0.1, -0.05) is 71.1 Å². The fourth-order valence-electron chi connectivity index (χ4n) is 4.76. The summed E-state index contributed by atoms with van der Waals surface area (Å²) < 4.78 is 5.70. The molecule has 10 nitrogen and oxygen atoms in total. The molecule has 2 rings (SSSR count). The number of aliphatic hydroxyl groups excluding tert-OH is 1. The van der Waals surface area contributed by atoms with Crippen LogP contribution in [-0.2, 0) is 4.79 Å². The predicted molar refractivity (Wildman–Crippen MR) is 168 cm³/mol. The number of alkyl halides is 1. The van der Waals surface area contributed by atoms with E-state index in [1.165, 1.54) is 63.1 Å². The summed E-state index contributed by atoms with van der Waals surface area (Å²) in [7, 11) is 0. The summed E-state index contributed by atoms with van der Waals surface area (Å²) in [5, 5.41) is 40.8. The topological polar surface area (TPSA) is 170 Å². The van der Waals surface area contributed by atoms with Crippen molar-refractivity contribution in [2.24, 2.45) is 0 Å². The quantitative estimate of drug-likeness (QED) is 0.0637. The highest BCUT2D eigenvalue weighted by atomic mass is 35.5. The van der Waals surface area contributed by atoms with Gasteiger partial charge in [-0.25, -0.2) is 14.4 Å². The summed E-state index contributed by atoms with van der Waals surface area (Å²) in [4.78, 5) is 47.1. The smallest absolute Gasteiger partial charge is 0.335 e. The van der Waals surface area contributed by atoms with Gasteiger partial charge in [0.05, 0.1) is 33.9 Å². The molecule has 0 heterocycles. The van der Waals surface area contributed by atoms with Crippen molar-refractivity contribution in [3.8, 4) is 11.5 Å². The number of carbonyl (C=O) groups is 4. The molecule has 0 saturated carbocycles. The number of ether oxygens (including phenoxy) is 1. The first-order chi connectivity index (χ1) is 21.0. The highest BCUT2D eigenvalue weighted by Crippen LogP contribution is 2.32. The number of anilines is 1. The van der Waals surface area contributed by atoms with Crippen molar-refractivity contribution in [1.82, 2.24) is 0 Å². The minimum Gasteiger partial charge on any atom is -0.478 e. The van der Waals surface area contributed by atoms with Crippen molar-refractivity contribution in [2.75, 3.05) is 5.32 Å². The molecule has 0 spiro atoms.